The van der Waals surface area contributed by atoms with Gasteiger partial charge in [-0.05, 0) is 38.0 Å². The molecule has 1 aromatic carbocycles. The number of halogens is 1. The van der Waals surface area contributed by atoms with Crippen molar-refractivity contribution in [3.8, 4) is 0 Å². The second-order valence-electron chi connectivity index (χ2n) is 5.70. The maximum absolute atomic E-state index is 12.4. The highest BCUT2D eigenvalue weighted by atomic mass is 35.5. The van der Waals surface area contributed by atoms with Crippen molar-refractivity contribution in [2.75, 3.05) is 10.6 Å². The maximum Gasteiger partial charge on any atom is 0.243 e. The molecule has 0 spiro atoms. The Bertz CT molecular complexity index is 642. The molecular weight excluding hydrogens is 324 g/mol. The van der Waals surface area contributed by atoms with E-state index in [1.807, 2.05) is 0 Å². The SMILES string of the molecule is C[C@H](C(=O)NC1CCCC1)N(c1cccc(Cl)c1)S(C)(=O)=O. The van der Waals surface area contributed by atoms with Crippen LogP contribution in [0.5, 0.6) is 0 Å². The number of nitrogens with zero attached hydrogens (tertiary/aromatic N) is 1. The molecule has 7 heteroatoms. The summed E-state index contributed by atoms with van der Waals surface area (Å²) >= 11 is 5.94. The van der Waals surface area contributed by atoms with Gasteiger partial charge in [0.2, 0.25) is 15.9 Å². The molecular formula is C15H21ClN2O3S. The molecule has 0 radical (unpaired) electrons. The van der Waals surface area contributed by atoms with Gasteiger partial charge in [-0.1, -0.05) is 30.5 Å². The van der Waals surface area contributed by atoms with E-state index in [1.165, 1.54) is 0 Å². The van der Waals surface area contributed by atoms with Crippen molar-refractivity contribution in [2.45, 2.75) is 44.7 Å². The average Bonchev–Trinajstić information content (AvgIpc) is 2.90. The van der Waals surface area contributed by atoms with Crippen LogP contribution in [0.2, 0.25) is 5.02 Å². The Kier molecular flexibility index (Phi) is 5.34. The van der Waals surface area contributed by atoms with E-state index < -0.39 is 16.1 Å². The number of nitrogens with one attached hydrogen (secondary N) is 1. The van der Waals surface area contributed by atoms with Crippen LogP contribution in [-0.2, 0) is 14.8 Å². The number of hydrogen-bond acceptors (Lipinski definition) is 3. The van der Waals surface area contributed by atoms with Crippen LogP contribution in [0, 0.1) is 0 Å². The molecule has 1 fully saturated rings. The number of benzene rings is 1. The van der Waals surface area contributed by atoms with Gasteiger partial charge in [0.05, 0.1) is 11.9 Å². The summed E-state index contributed by atoms with van der Waals surface area (Å²) in [6, 6.07) is 5.82. The molecule has 0 saturated heterocycles. The first-order valence-electron chi connectivity index (χ1n) is 7.34. The molecule has 1 atom stereocenters. The molecule has 5 nitrogen and oxygen atoms in total. The summed E-state index contributed by atoms with van der Waals surface area (Å²) in [4.78, 5) is 12.4. The quantitative estimate of drug-likeness (QED) is 0.892. The van der Waals surface area contributed by atoms with E-state index in [2.05, 4.69) is 5.32 Å². The van der Waals surface area contributed by atoms with Crippen LogP contribution < -0.4 is 9.62 Å². The van der Waals surface area contributed by atoms with E-state index in [-0.39, 0.29) is 11.9 Å². The molecule has 0 unspecified atom stereocenters. The third-order valence-electron chi connectivity index (χ3n) is 3.85. The van der Waals surface area contributed by atoms with Gasteiger partial charge >= 0.3 is 0 Å². The Labute approximate surface area is 136 Å². The van der Waals surface area contributed by atoms with E-state index in [1.54, 1.807) is 31.2 Å². The van der Waals surface area contributed by atoms with E-state index >= 15 is 0 Å². The highest BCUT2D eigenvalue weighted by molar-refractivity contribution is 7.92. The first-order chi connectivity index (χ1) is 10.3. The van der Waals surface area contributed by atoms with Crippen LogP contribution in [0.15, 0.2) is 24.3 Å². The fraction of sp³-hybridized carbons (Fsp3) is 0.533. The molecule has 22 heavy (non-hydrogen) atoms. The van der Waals surface area contributed by atoms with Crippen molar-refractivity contribution in [2.24, 2.45) is 0 Å². The molecule has 122 valence electrons. The molecule has 0 bridgehead atoms. The Morgan fingerprint density at radius 3 is 2.55 bits per heavy atom. The van der Waals surface area contributed by atoms with Gasteiger partial charge in [0.1, 0.15) is 6.04 Å². The lowest BCUT2D eigenvalue weighted by molar-refractivity contribution is -0.122. The topological polar surface area (TPSA) is 66.5 Å². The van der Waals surface area contributed by atoms with E-state index in [0.29, 0.717) is 10.7 Å². The van der Waals surface area contributed by atoms with Crippen LogP contribution in [0.25, 0.3) is 0 Å². The number of hydrogen-bond donors (Lipinski definition) is 1. The molecule has 2 rings (SSSR count). The number of anilines is 1. The van der Waals surface area contributed by atoms with Gasteiger partial charge < -0.3 is 5.32 Å². The number of carbonyl (C=O) groups is 1. The predicted molar refractivity (Wildman–Crippen MR) is 88.6 cm³/mol. The van der Waals surface area contributed by atoms with Crippen molar-refractivity contribution in [3.05, 3.63) is 29.3 Å². The molecule has 1 amide bonds. The zero-order valence-corrected chi connectivity index (χ0v) is 14.3. The lowest BCUT2D eigenvalue weighted by atomic mass is 10.2. The minimum absolute atomic E-state index is 0.149. The number of carbonyl (C=O) groups excluding carboxylic acids is 1. The van der Waals surface area contributed by atoms with Crippen LogP contribution in [0.1, 0.15) is 32.6 Å². The number of rotatable bonds is 5. The monoisotopic (exact) mass is 344 g/mol. The standard InChI is InChI=1S/C15H21ClN2O3S/c1-11(15(19)17-13-7-3-4-8-13)18(22(2,20)21)14-9-5-6-12(16)10-14/h5-6,9-11,13H,3-4,7-8H2,1-2H3,(H,17,19)/t11-/m1/s1. The first kappa shape index (κ1) is 17.1. The van der Waals surface area contributed by atoms with Crippen LogP contribution in [0.4, 0.5) is 5.69 Å². The maximum atomic E-state index is 12.4. The molecule has 1 aromatic rings. The smallest absolute Gasteiger partial charge is 0.243 e. The van der Waals surface area contributed by atoms with E-state index in [9.17, 15) is 13.2 Å². The summed E-state index contributed by atoms with van der Waals surface area (Å²) < 4.78 is 25.4. The number of sulfonamides is 1. The van der Waals surface area contributed by atoms with Crippen molar-refractivity contribution in [1.29, 1.82) is 0 Å². The van der Waals surface area contributed by atoms with Crippen LogP contribution >= 0.6 is 11.6 Å². The first-order valence-corrected chi connectivity index (χ1v) is 9.57. The largest absolute Gasteiger partial charge is 0.352 e. The third kappa shape index (κ3) is 4.14. The van der Waals surface area contributed by atoms with E-state index in [4.69, 9.17) is 11.6 Å². The van der Waals surface area contributed by atoms with E-state index in [0.717, 1.165) is 36.2 Å². The van der Waals surface area contributed by atoms with Gasteiger partial charge in [-0.2, -0.15) is 0 Å². The average molecular weight is 345 g/mol. The highest BCUT2D eigenvalue weighted by Gasteiger charge is 2.30. The molecule has 0 aliphatic heterocycles. The summed E-state index contributed by atoms with van der Waals surface area (Å²) in [7, 11) is -3.60. The minimum Gasteiger partial charge on any atom is -0.352 e. The third-order valence-corrected chi connectivity index (χ3v) is 5.33. The van der Waals surface area contributed by atoms with Gasteiger partial charge in [0, 0.05) is 11.1 Å². The second-order valence-corrected chi connectivity index (χ2v) is 8.00. The van der Waals surface area contributed by atoms with Crippen LogP contribution in [-0.4, -0.2) is 32.7 Å². The molecule has 1 saturated carbocycles. The van der Waals surface area contributed by atoms with Crippen molar-refractivity contribution in [3.63, 3.8) is 0 Å². The zero-order valence-electron chi connectivity index (χ0n) is 12.8. The molecule has 0 aromatic heterocycles. The normalized spacial score (nSPS) is 17.2. The summed E-state index contributed by atoms with van der Waals surface area (Å²) in [5, 5.41) is 3.36. The molecule has 1 aliphatic rings. The fourth-order valence-electron chi connectivity index (χ4n) is 2.81. The fourth-order valence-corrected chi connectivity index (χ4v) is 4.17. The Hall–Kier alpha value is -1.27. The summed E-state index contributed by atoms with van der Waals surface area (Å²) in [5.41, 5.74) is 0.393. The molecule has 0 heterocycles. The van der Waals surface area contributed by atoms with Gasteiger partial charge in [0.25, 0.3) is 0 Å². The lowest BCUT2D eigenvalue weighted by Crippen LogP contribution is -2.49. The predicted octanol–water partition coefficient (Wildman–Crippen LogP) is 2.55. The van der Waals surface area contributed by atoms with Gasteiger partial charge in [-0.15, -0.1) is 0 Å². The summed E-state index contributed by atoms with van der Waals surface area (Å²) in [5.74, 6) is -0.280. The van der Waals surface area contributed by atoms with Gasteiger partial charge in [-0.3, -0.25) is 9.10 Å². The molecule has 1 N–H and O–H groups in total. The van der Waals surface area contributed by atoms with Gasteiger partial charge in [0.15, 0.2) is 0 Å². The zero-order chi connectivity index (χ0) is 16.3. The summed E-state index contributed by atoms with van der Waals surface area (Å²) in [6.07, 6.45) is 5.20. The van der Waals surface area contributed by atoms with Crippen molar-refractivity contribution in [1.82, 2.24) is 5.32 Å². The lowest BCUT2D eigenvalue weighted by Gasteiger charge is -2.29. The highest BCUT2D eigenvalue weighted by Crippen LogP contribution is 2.25. The number of amides is 1. The Morgan fingerprint density at radius 1 is 1.36 bits per heavy atom. The van der Waals surface area contributed by atoms with Gasteiger partial charge in [-0.25, -0.2) is 8.42 Å². The Morgan fingerprint density at radius 2 is 2.00 bits per heavy atom. The van der Waals surface area contributed by atoms with Crippen LogP contribution in [0.3, 0.4) is 0 Å². The Balaban J connectivity index is 2.23. The molecule has 1 aliphatic carbocycles. The second kappa shape index (κ2) is 6.87. The van der Waals surface area contributed by atoms with Crippen molar-refractivity contribution >= 4 is 33.2 Å². The van der Waals surface area contributed by atoms with Crippen molar-refractivity contribution < 1.29 is 13.2 Å². The summed E-state index contributed by atoms with van der Waals surface area (Å²) in [6.45, 7) is 1.59. The minimum atomic E-state index is -3.60.